The van der Waals surface area contributed by atoms with Crippen molar-refractivity contribution in [2.24, 2.45) is 0 Å². The first-order valence-electron chi connectivity index (χ1n) is 6.58. The summed E-state index contributed by atoms with van der Waals surface area (Å²) in [7, 11) is 0. The van der Waals surface area contributed by atoms with Crippen LogP contribution in [0.4, 0.5) is 13.2 Å². The van der Waals surface area contributed by atoms with Crippen molar-refractivity contribution in [3.8, 4) is 0 Å². The van der Waals surface area contributed by atoms with Crippen LogP contribution in [0.15, 0.2) is 18.2 Å². The number of morpholine rings is 1. The number of fused-ring (bicyclic) bond motifs is 3. The van der Waals surface area contributed by atoms with Gasteiger partial charge in [0.05, 0.1) is 23.3 Å². The van der Waals surface area contributed by atoms with Gasteiger partial charge >= 0.3 is 6.18 Å². The first-order chi connectivity index (χ1) is 8.97. The lowest BCUT2D eigenvalue weighted by molar-refractivity contribution is -0.137. The largest absolute Gasteiger partial charge is 0.416 e. The lowest BCUT2D eigenvalue weighted by Gasteiger charge is -2.34. The van der Waals surface area contributed by atoms with E-state index in [1.54, 1.807) is 6.07 Å². The minimum Gasteiger partial charge on any atom is -0.368 e. The van der Waals surface area contributed by atoms with Gasteiger partial charge in [-0.25, -0.2) is 0 Å². The van der Waals surface area contributed by atoms with E-state index in [4.69, 9.17) is 4.74 Å². The van der Waals surface area contributed by atoms with Gasteiger partial charge in [0.2, 0.25) is 0 Å². The normalized spacial score (nSPS) is 31.1. The van der Waals surface area contributed by atoms with Gasteiger partial charge in [0.25, 0.3) is 0 Å². The summed E-state index contributed by atoms with van der Waals surface area (Å²) in [5, 5.41) is 3.44. The third kappa shape index (κ3) is 1.79. The van der Waals surface area contributed by atoms with Gasteiger partial charge in [-0.05, 0) is 36.1 Å². The summed E-state index contributed by atoms with van der Waals surface area (Å²) in [6.07, 6.45) is -1.57. The Kier molecular flexibility index (Phi) is 2.17. The Bertz CT molecular complexity index is 536. The summed E-state index contributed by atoms with van der Waals surface area (Å²) in [6, 6.07) is 4.11. The molecule has 1 aromatic carbocycles. The number of alkyl halides is 3. The zero-order chi connectivity index (χ0) is 13.3. The molecule has 5 heteroatoms. The molecular weight excluding hydrogens is 255 g/mol. The zero-order valence-electron chi connectivity index (χ0n) is 10.3. The van der Waals surface area contributed by atoms with Gasteiger partial charge in [0.15, 0.2) is 0 Å². The fourth-order valence-electron chi connectivity index (χ4n) is 3.24. The number of hydrogen-bond donors (Lipinski definition) is 1. The van der Waals surface area contributed by atoms with Crippen LogP contribution < -0.4 is 5.32 Å². The minimum atomic E-state index is -4.27. The van der Waals surface area contributed by atoms with Crippen LogP contribution in [0.1, 0.15) is 35.6 Å². The van der Waals surface area contributed by atoms with Crippen LogP contribution in [0.3, 0.4) is 0 Å². The van der Waals surface area contributed by atoms with Crippen molar-refractivity contribution in [2.45, 2.75) is 43.2 Å². The zero-order valence-corrected chi connectivity index (χ0v) is 10.3. The third-order valence-corrected chi connectivity index (χ3v) is 4.45. The van der Waals surface area contributed by atoms with Crippen molar-refractivity contribution in [3.63, 3.8) is 0 Å². The maximum absolute atomic E-state index is 12.7. The summed E-state index contributed by atoms with van der Waals surface area (Å²) >= 11 is 0. The fourth-order valence-corrected chi connectivity index (χ4v) is 3.24. The number of halogens is 3. The van der Waals surface area contributed by atoms with Crippen LogP contribution in [-0.4, -0.2) is 18.2 Å². The van der Waals surface area contributed by atoms with Crippen LogP contribution in [0.5, 0.6) is 0 Å². The second-order valence-electron chi connectivity index (χ2n) is 5.81. The highest BCUT2D eigenvalue weighted by molar-refractivity contribution is 5.41. The van der Waals surface area contributed by atoms with Gasteiger partial charge in [0.1, 0.15) is 0 Å². The standard InChI is InChI=1S/C14H14F3NO/c15-14(16,17)9-1-2-10-8(5-9)6-11-12(10)18-7-13(19-11)3-4-13/h1-2,5,11-12,18H,3-4,6-7H2/t11-,12+/m1/s1. The summed E-state index contributed by atoms with van der Waals surface area (Å²) in [5.74, 6) is 0. The maximum atomic E-state index is 12.7. The van der Waals surface area contributed by atoms with Crippen molar-refractivity contribution < 1.29 is 17.9 Å². The van der Waals surface area contributed by atoms with E-state index in [9.17, 15) is 13.2 Å². The predicted octanol–water partition coefficient (Wildman–Crippen LogP) is 2.82. The molecule has 102 valence electrons. The summed E-state index contributed by atoms with van der Waals surface area (Å²) in [5.41, 5.74) is 1.16. The van der Waals surface area contributed by atoms with Crippen molar-refractivity contribution in [3.05, 3.63) is 34.9 Å². The molecule has 0 radical (unpaired) electrons. The average Bonchev–Trinajstić information content (AvgIpc) is 2.99. The quantitative estimate of drug-likeness (QED) is 0.782. The fraction of sp³-hybridized carbons (Fsp3) is 0.571. The molecule has 0 aromatic heterocycles. The topological polar surface area (TPSA) is 21.3 Å². The average molecular weight is 269 g/mol. The first-order valence-corrected chi connectivity index (χ1v) is 6.58. The molecule has 2 aliphatic carbocycles. The Morgan fingerprint density at radius 1 is 1.26 bits per heavy atom. The van der Waals surface area contributed by atoms with Gasteiger partial charge in [-0.2, -0.15) is 13.2 Å². The van der Waals surface area contributed by atoms with Crippen molar-refractivity contribution in [2.75, 3.05) is 6.54 Å². The number of rotatable bonds is 0. The van der Waals surface area contributed by atoms with Gasteiger partial charge in [-0.15, -0.1) is 0 Å². The third-order valence-electron chi connectivity index (χ3n) is 4.45. The first kappa shape index (κ1) is 11.7. The van der Waals surface area contributed by atoms with Crippen molar-refractivity contribution >= 4 is 0 Å². The summed E-state index contributed by atoms with van der Waals surface area (Å²) in [4.78, 5) is 0. The summed E-state index contributed by atoms with van der Waals surface area (Å²) < 4.78 is 44.2. The van der Waals surface area contributed by atoms with Gasteiger partial charge in [0, 0.05) is 13.0 Å². The minimum absolute atomic E-state index is 0.00488. The molecule has 1 N–H and O–H groups in total. The molecule has 0 bridgehead atoms. The van der Waals surface area contributed by atoms with E-state index < -0.39 is 11.7 Å². The number of benzene rings is 1. The highest BCUT2D eigenvalue weighted by Crippen LogP contribution is 2.48. The summed E-state index contributed by atoms with van der Waals surface area (Å²) in [6.45, 7) is 0.814. The Morgan fingerprint density at radius 2 is 2.05 bits per heavy atom. The van der Waals surface area contributed by atoms with Crippen molar-refractivity contribution in [1.82, 2.24) is 5.32 Å². The molecule has 3 aliphatic rings. The molecular formula is C14H14F3NO. The monoisotopic (exact) mass is 269 g/mol. The number of nitrogens with one attached hydrogen (secondary N) is 1. The molecule has 19 heavy (non-hydrogen) atoms. The van der Waals surface area contributed by atoms with Gasteiger partial charge < -0.3 is 10.1 Å². The Balaban J connectivity index is 1.66. The van der Waals surface area contributed by atoms with Gasteiger partial charge in [-0.1, -0.05) is 6.07 Å². The maximum Gasteiger partial charge on any atom is 0.416 e. The second-order valence-corrected chi connectivity index (χ2v) is 5.81. The predicted molar refractivity (Wildman–Crippen MR) is 62.7 cm³/mol. The molecule has 2 nitrogen and oxygen atoms in total. The van der Waals surface area contributed by atoms with Crippen LogP contribution in [0.25, 0.3) is 0 Å². The number of ether oxygens (including phenoxy) is 1. The molecule has 1 aliphatic heterocycles. The van der Waals surface area contributed by atoms with E-state index in [1.807, 2.05) is 0 Å². The Labute approximate surface area is 108 Å². The van der Waals surface area contributed by atoms with Crippen LogP contribution in [0, 0.1) is 0 Å². The van der Waals surface area contributed by atoms with E-state index in [1.165, 1.54) is 12.1 Å². The smallest absolute Gasteiger partial charge is 0.368 e. The lowest BCUT2D eigenvalue weighted by Crippen LogP contribution is -2.46. The molecule has 2 atom stereocenters. The number of hydrogen-bond acceptors (Lipinski definition) is 2. The molecule has 1 heterocycles. The molecule has 1 saturated heterocycles. The molecule has 1 aromatic rings. The van der Waals surface area contributed by atoms with Crippen molar-refractivity contribution in [1.29, 1.82) is 0 Å². The second kappa shape index (κ2) is 3.52. The highest BCUT2D eigenvalue weighted by Gasteiger charge is 2.52. The van der Waals surface area contributed by atoms with E-state index in [0.29, 0.717) is 6.42 Å². The van der Waals surface area contributed by atoms with Crippen LogP contribution in [-0.2, 0) is 17.3 Å². The Hall–Kier alpha value is -1.07. The van der Waals surface area contributed by atoms with E-state index in [2.05, 4.69) is 5.32 Å². The highest BCUT2D eigenvalue weighted by atomic mass is 19.4. The SMILES string of the molecule is FC(F)(F)c1ccc2c(c1)C[C@H]1OC3(CC3)CN[C@@H]21. The van der Waals surface area contributed by atoms with E-state index >= 15 is 0 Å². The van der Waals surface area contributed by atoms with E-state index in [0.717, 1.165) is 30.5 Å². The Morgan fingerprint density at radius 3 is 2.74 bits per heavy atom. The van der Waals surface area contributed by atoms with Crippen LogP contribution >= 0.6 is 0 Å². The molecule has 1 saturated carbocycles. The molecule has 0 amide bonds. The lowest BCUT2D eigenvalue weighted by atomic mass is 10.0. The molecule has 4 rings (SSSR count). The molecule has 2 fully saturated rings. The van der Waals surface area contributed by atoms with E-state index in [-0.39, 0.29) is 17.7 Å². The molecule has 1 spiro atoms. The van der Waals surface area contributed by atoms with Gasteiger partial charge in [-0.3, -0.25) is 0 Å². The van der Waals surface area contributed by atoms with Crippen LogP contribution in [0.2, 0.25) is 0 Å². The molecule has 0 unspecified atom stereocenters.